The average molecular weight is 240 g/mol. The Morgan fingerprint density at radius 3 is 2.47 bits per heavy atom. The first-order chi connectivity index (χ1) is 7.83. The summed E-state index contributed by atoms with van der Waals surface area (Å²) < 4.78 is 11.9. The quantitative estimate of drug-likeness (QED) is 0.661. The second-order valence-electron chi connectivity index (χ2n) is 6.34. The fourth-order valence-electron chi connectivity index (χ4n) is 3.94. The molecule has 2 aliphatic rings. The van der Waals surface area contributed by atoms with Gasteiger partial charge >= 0.3 is 5.97 Å². The molecule has 0 aromatic rings. The minimum absolute atomic E-state index is 0.00785. The standard InChI is InChI=1S/C14H24O3/c1-11(15)17-14-9-6-10-16-13(14,4)8-5-7-12(14,2)3/h5-10H2,1-4H3. The monoisotopic (exact) mass is 240 g/mol. The van der Waals surface area contributed by atoms with Crippen molar-refractivity contribution in [2.24, 2.45) is 5.41 Å². The highest BCUT2D eigenvalue weighted by Gasteiger charge is 2.63. The van der Waals surface area contributed by atoms with Crippen LogP contribution in [0.3, 0.4) is 0 Å². The van der Waals surface area contributed by atoms with E-state index in [2.05, 4.69) is 20.8 Å². The molecule has 1 heterocycles. The first-order valence-electron chi connectivity index (χ1n) is 6.67. The van der Waals surface area contributed by atoms with Gasteiger partial charge in [-0.1, -0.05) is 13.8 Å². The Labute approximate surface area is 104 Å². The van der Waals surface area contributed by atoms with Crippen molar-refractivity contribution < 1.29 is 14.3 Å². The third kappa shape index (κ3) is 1.79. The van der Waals surface area contributed by atoms with Crippen LogP contribution in [0.15, 0.2) is 0 Å². The van der Waals surface area contributed by atoms with Crippen molar-refractivity contribution in [1.82, 2.24) is 0 Å². The van der Waals surface area contributed by atoms with E-state index in [0.717, 1.165) is 38.7 Å². The fraction of sp³-hybridized carbons (Fsp3) is 0.929. The molecule has 0 N–H and O–H groups in total. The lowest BCUT2D eigenvalue weighted by Gasteiger charge is -2.60. The van der Waals surface area contributed by atoms with Gasteiger partial charge in [0.2, 0.25) is 0 Å². The number of fused-ring (bicyclic) bond motifs is 1. The van der Waals surface area contributed by atoms with E-state index in [0.29, 0.717) is 0 Å². The molecule has 98 valence electrons. The topological polar surface area (TPSA) is 35.5 Å². The molecule has 2 rings (SSSR count). The summed E-state index contributed by atoms with van der Waals surface area (Å²) in [4.78, 5) is 11.5. The predicted octanol–water partition coefficient (Wildman–Crippen LogP) is 3.07. The predicted molar refractivity (Wildman–Crippen MR) is 65.7 cm³/mol. The van der Waals surface area contributed by atoms with Crippen LogP contribution in [-0.2, 0) is 14.3 Å². The summed E-state index contributed by atoms with van der Waals surface area (Å²) in [6, 6.07) is 0. The third-order valence-electron chi connectivity index (χ3n) is 4.81. The van der Waals surface area contributed by atoms with Crippen LogP contribution in [0, 0.1) is 5.41 Å². The van der Waals surface area contributed by atoms with Crippen LogP contribution in [0.5, 0.6) is 0 Å². The van der Waals surface area contributed by atoms with Gasteiger partial charge in [-0.25, -0.2) is 0 Å². The SMILES string of the molecule is CC(=O)OC12CCCOC1(C)CCCC2(C)C. The maximum atomic E-state index is 11.5. The molecule has 0 aromatic carbocycles. The first kappa shape index (κ1) is 12.9. The normalized spacial score (nSPS) is 40.5. The van der Waals surface area contributed by atoms with Gasteiger partial charge in [-0.15, -0.1) is 0 Å². The molecule has 0 aromatic heterocycles. The Morgan fingerprint density at radius 2 is 1.82 bits per heavy atom. The molecule has 0 spiro atoms. The highest BCUT2D eigenvalue weighted by atomic mass is 16.6. The van der Waals surface area contributed by atoms with Crippen LogP contribution in [0.1, 0.15) is 59.8 Å². The Morgan fingerprint density at radius 1 is 1.12 bits per heavy atom. The molecular formula is C14H24O3. The molecule has 2 fully saturated rings. The summed E-state index contributed by atoms with van der Waals surface area (Å²) >= 11 is 0. The lowest BCUT2D eigenvalue weighted by atomic mass is 9.56. The van der Waals surface area contributed by atoms with Crippen molar-refractivity contribution in [3.63, 3.8) is 0 Å². The second kappa shape index (κ2) is 3.98. The van der Waals surface area contributed by atoms with E-state index in [4.69, 9.17) is 9.47 Å². The summed E-state index contributed by atoms with van der Waals surface area (Å²) in [6.07, 6.45) is 5.14. The minimum Gasteiger partial charge on any atom is -0.456 e. The van der Waals surface area contributed by atoms with Crippen LogP contribution in [0.4, 0.5) is 0 Å². The lowest BCUT2D eigenvalue weighted by Crippen LogP contribution is -2.68. The van der Waals surface area contributed by atoms with Crippen molar-refractivity contribution >= 4 is 5.97 Å². The lowest BCUT2D eigenvalue weighted by molar-refractivity contribution is -0.279. The maximum Gasteiger partial charge on any atom is 0.303 e. The van der Waals surface area contributed by atoms with Gasteiger partial charge in [0, 0.05) is 18.9 Å². The zero-order valence-electron chi connectivity index (χ0n) is 11.5. The average Bonchev–Trinajstić information content (AvgIpc) is 2.19. The molecule has 2 atom stereocenters. The fourth-order valence-corrected chi connectivity index (χ4v) is 3.94. The molecule has 3 nitrogen and oxygen atoms in total. The molecule has 1 aliphatic carbocycles. The van der Waals surface area contributed by atoms with Crippen molar-refractivity contribution in [1.29, 1.82) is 0 Å². The van der Waals surface area contributed by atoms with Gasteiger partial charge in [0.1, 0.15) is 11.2 Å². The van der Waals surface area contributed by atoms with Crippen LogP contribution in [0.2, 0.25) is 0 Å². The number of esters is 1. The zero-order valence-corrected chi connectivity index (χ0v) is 11.5. The third-order valence-corrected chi connectivity index (χ3v) is 4.81. The van der Waals surface area contributed by atoms with E-state index >= 15 is 0 Å². The Hall–Kier alpha value is -0.570. The van der Waals surface area contributed by atoms with Gasteiger partial charge in [0.25, 0.3) is 0 Å². The summed E-state index contributed by atoms with van der Waals surface area (Å²) in [5, 5.41) is 0. The van der Waals surface area contributed by atoms with Gasteiger partial charge in [-0.2, -0.15) is 0 Å². The number of hydrogen-bond donors (Lipinski definition) is 0. The first-order valence-corrected chi connectivity index (χ1v) is 6.67. The highest BCUT2D eigenvalue weighted by molar-refractivity contribution is 5.67. The van der Waals surface area contributed by atoms with Crippen LogP contribution >= 0.6 is 0 Å². The largest absolute Gasteiger partial charge is 0.456 e. The van der Waals surface area contributed by atoms with Crippen molar-refractivity contribution in [3.05, 3.63) is 0 Å². The minimum atomic E-state index is -0.442. The number of ether oxygens (including phenoxy) is 2. The summed E-state index contributed by atoms with van der Waals surface area (Å²) in [6.45, 7) is 8.84. The van der Waals surface area contributed by atoms with Gasteiger partial charge in [-0.05, 0) is 39.0 Å². The van der Waals surface area contributed by atoms with Gasteiger partial charge in [-0.3, -0.25) is 4.79 Å². The Kier molecular flexibility index (Phi) is 3.01. The molecule has 0 amide bonds. The summed E-state index contributed by atoms with van der Waals surface area (Å²) in [5.74, 6) is -0.184. The summed E-state index contributed by atoms with van der Waals surface area (Å²) in [7, 11) is 0. The zero-order chi connectivity index (χ0) is 12.7. The second-order valence-corrected chi connectivity index (χ2v) is 6.34. The molecular weight excluding hydrogens is 216 g/mol. The molecule has 1 saturated carbocycles. The highest BCUT2D eigenvalue weighted by Crippen LogP contribution is 2.57. The van der Waals surface area contributed by atoms with E-state index in [-0.39, 0.29) is 17.0 Å². The number of hydrogen-bond acceptors (Lipinski definition) is 3. The number of carbonyl (C=O) groups excluding carboxylic acids is 1. The molecule has 1 saturated heterocycles. The van der Waals surface area contributed by atoms with E-state index in [1.165, 1.54) is 6.92 Å². The molecule has 3 heteroatoms. The molecule has 1 aliphatic heterocycles. The maximum absolute atomic E-state index is 11.5. The van der Waals surface area contributed by atoms with Gasteiger partial charge in [0.05, 0.1) is 0 Å². The van der Waals surface area contributed by atoms with E-state index in [9.17, 15) is 4.79 Å². The molecule has 17 heavy (non-hydrogen) atoms. The van der Waals surface area contributed by atoms with Gasteiger partial charge < -0.3 is 9.47 Å². The molecule has 0 radical (unpaired) electrons. The van der Waals surface area contributed by atoms with Crippen molar-refractivity contribution in [2.45, 2.75) is 71.0 Å². The van der Waals surface area contributed by atoms with Crippen LogP contribution in [0.25, 0.3) is 0 Å². The Balaban J connectivity index is 2.43. The number of rotatable bonds is 1. The van der Waals surface area contributed by atoms with Crippen molar-refractivity contribution in [3.8, 4) is 0 Å². The van der Waals surface area contributed by atoms with Crippen LogP contribution in [-0.4, -0.2) is 23.8 Å². The van der Waals surface area contributed by atoms with Crippen molar-refractivity contribution in [2.75, 3.05) is 6.61 Å². The van der Waals surface area contributed by atoms with Gasteiger partial charge in [0.15, 0.2) is 0 Å². The summed E-state index contributed by atoms with van der Waals surface area (Å²) in [5.41, 5.74) is -0.757. The Bertz CT molecular complexity index is 319. The smallest absolute Gasteiger partial charge is 0.303 e. The van der Waals surface area contributed by atoms with E-state index < -0.39 is 5.60 Å². The van der Waals surface area contributed by atoms with E-state index in [1.54, 1.807) is 0 Å². The van der Waals surface area contributed by atoms with E-state index in [1.807, 2.05) is 0 Å². The number of carbonyl (C=O) groups is 1. The van der Waals surface area contributed by atoms with Crippen LogP contribution < -0.4 is 0 Å². The molecule has 2 unspecified atom stereocenters. The molecule has 0 bridgehead atoms.